The summed E-state index contributed by atoms with van der Waals surface area (Å²) in [6.45, 7) is 10.9. The highest BCUT2D eigenvalue weighted by molar-refractivity contribution is 14.0. The molecule has 0 aromatic carbocycles. The van der Waals surface area contributed by atoms with E-state index in [1.165, 1.54) is 4.88 Å². The molecular formula is C18H31IN6S. The van der Waals surface area contributed by atoms with E-state index in [-0.39, 0.29) is 29.4 Å². The second-order valence-corrected chi connectivity index (χ2v) is 7.83. The fourth-order valence-electron chi connectivity index (χ4n) is 2.35. The largest absolute Gasteiger partial charge is 0.356 e. The van der Waals surface area contributed by atoms with Crippen molar-refractivity contribution in [3.63, 3.8) is 0 Å². The normalized spacial score (nSPS) is 12.0. The molecule has 0 amide bonds. The second kappa shape index (κ2) is 10.9. The van der Waals surface area contributed by atoms with Crippen LogP contribution in [-0.2, 0) is 19.0 Å². The molecule has 0 saturated heterocycles. The number of unbranched alkanes of at least 4 members (excludes halogenated alkanes) is 1. The maximum Gasteiger partial charge on any atom is 0.191 e. The van der Waals surface area contributed by atoms with Crippen molar-refractivity contribution in [1.82, 2.24) is 25.4 Å². The van der Waals surface area contributed by atoms with Crippen molar-refractivity contribution in [2.24, 2.45) is 12.0 Å². The molecule has 0 unspecified atom stereocenters. The molecule has 0 atom stereocenters. The summed E-state index contributed by atoms with van der Waals surface area (Å²) in [7, 11) is 1.97. The molecule has 2 aromatic rings. The highest BCUT2D eigenvalue weighted by Crippen LogP contribution is 2.26. The maximum absolute atomic E-state index is 4.70. The van der Waals surface area contributed by atoms with Crippen LogP contribution in [-0.4, -0.2) is 33.8 Å². The average molecular weight is 490 g/mol. The van der Waals surface area contributed by atoms with Gasteiger partial charge in [-0.15, -0.1) is 45.5 Å². The Morgan fingerprint density at radius 2 is 2.08 bits per heavy atom. The predicted octanol–water partition coefficient (Wildman–Crippen LogP) is 3.62. The van der Waals surface area contributed by atoms with Gasteiger partial charge in [0.15, 0.2) is 11.8 Å². The zero-order valence-electron chi connectivity index (χ0n) is 16.4. The number of aliphatic imine (C=N–C) groups is 1. The van der Waals surface area contributed by atoms with E-state index in [1.54, 1.807) is 11.3 Å². The fourth-order valence-corrected chi connectivity index (χ4v) is 3.20. The third-order valence-corrected chi connectivity index (χ3v) is 5.51. The molecule has 146 valence electrons. The monoisotopic (exact) mass is 490 g/mol. The van der Waals surface area contributed by atoms with Gasteiger partial charge in [-0.3, -0.25) is 0 Å². The number of guanidine groups is 1. The van der Waals surface area contributed by atoms with Crippen molar-refractivity contribution in [1.29, 1.82) is 0 Å². The molecular weight excluding hydrogens is 459 g/mol. The van der Waals surface area contributed by atoms with Crippen LogP contribution < -0.4 is 10.6 Å². The van der Waals surface area contributed by atoms with Gasteiger partial charge in [-0.05, 0) is 24.8 Å². The average Bonchev–Trinajstić information content (AvgIpc) is 3.23. The molecule has 0 spiro atoms. The Balaban J connectivity index is 0.00000338. The third kappa shape index (κ3) is 6.53. The Kier molecular flexibility index (Phi) is 9.56. The standard InChI is InChI=1S/C18H30N6S.HI/c1-6-7-10-19-17(20-12-16-23-22-14(2)24(16)5)21-13-18(3,4)15-9-8-11-25-15;/h8-9,11H,6-7,10,12-13H2,1-5H3,(H2,19,20,21);1H. The third-order valence-electron chi connectivity index (χ3n) is 4.27. The first kappa shape index (κ1) is 22.9. The zero-order valence-corrected chi connectivity index (χ0v) is 19.5. The minimum atomic E-state index is 0. The van der Waals surface area contributed by atoms with Crippen molar-refractivity contribution in [3.05, 3.63) is 34.0 Å². The summed E-state index contributed by atoms with van der Waals surface area (Å²) in [5.74, 6) is 2.60. The number of hydrogen-bond donors (Lipinski definition) is 2. The SMILES string of the molecule is CCCCNC(=NCc1nnc(C)n1C)NCC(C)(C)c1cccs1.I. The molecule has 0 aliphatic carbocycles. The minimum Gasteiger partial charge on any atom is -0.356 e. The van der Waals surface area contributed by atoms with Crippen molar-refractivity contribution in [2.45, 2.75) is 52.5 Å². The number of thiophene rings is 1. The predicted molar refractivity (Wildman–Crippen MR) is 121 cm³/mol. The lowest BCUT2D eigenvalue weighted by Crippen LogP contribution is -2.43. The van der Waals surface area contributed by atoms with Gasteiger partial charge in [-0.2, -0.15) is 0 Å². The molecule has 8 heteroatoms. The highest BCUT2D eigenvalue weighted by Gasteiger charge is 2.22. The smallest absolute Gasteiger partial charge is 0.191 e. The summed E-state index contributed by atoms with van der Waals surface area (Å²) >= 11 is 1.80. The Bertz CT molecular complexity index is 678. The van der Waals surface area contributed by atoms with Crippen LogP contribution in [0.3, 0.4) is 0 Å². The quantitative estimate of drug-likeness (QED) is 0.257. The Morgan fingerprint density at radius 1 is 1.31 bits per heavy atom. The van der Waals surface area contributed by atoms with Crippen LogP contribution in [0.4, 0.5) is 0 Å². The number of hydrogen-bond acceptors (Lipinski definition) is 4. The van der Waals surface area contributed by atoms with E-state index in [2.05, 4.69) is 59.1 Å². The van der Waals surface area contributed by atoms with Crippen LogP contribution in [0.5, 0.6) is 0 Å². The van der Waals surface area contributed by atoms with Gasteiger partial charge in [0.1, 0.15) is 12.4 Å². The van der Waals surface area contributed by atoms with E-state index in [9.17, 15) is 0 Å². The summed E-state index contributed by atoms with van der Waals surface area (Å²) in [6.07, 6.45) is 2.28. The molecule has 0 saturated carbocycles. The molecule has 2 rings (SSSR count). The summed E-state index contributed by atoms with van der Waals surface area (Å²) in [4.78, 5) is 6.07. The molecule has 6 nitrogen and oxygen atoms in total. The lowest BCUT2D eigenvalue weighted by Gasteiger charge is -2.25. The zero-order chi connectivity index (χ0) is 18.3. The van der Waals surface area contributed by atoms with Gasteiger partial charge in [0.25, 0.3) is 0 Å². The van der Waals surface area contributed by atoms with Crippen LogP contribution in [0.15, 0.2) is 22.5 Å². The Morgan fingerprint density at radius 3 is 2.65 bits per heavy atom. The van der Waals surface area contributed by atoms with E-state index < -0.39 is 0 Å². The van der Waals surface area contributed by atoms with Crippen molar-refractivity contribution < 1.29 is 0 Å². The lowest BCUT2D eigenvalue weighted by molar-refractivity contribution is 0.517. The minimum absolute atomic E-state index is 0. The van der Waals surface area contributed by atoms with Gasteiger partial charge < -0.3 is 15.2 Å². The van der Waals surface area contributed by atoms with Crippen LogP contribution in [0.25, 0.3) is 0 Å². The fraction of sp³-hybridized carbons (Fsp3) is 0.611. The van der Waals surface area contributed by atoms with Crippen LogP contribution >= 0.6 is 35.3 Å². The number of rotatable bonds is 8. The maximum atomic E-state index is 4.70. The summed E-state index contributed by atoms with van der Waals surface area (Å²) in [5, 5.41) is 17.3. The molecule has 0 aliphatic heterocycles. The van der Waals surface area contributed by atoms with Gasteiger partial charge in [0.2, 0.25) is 0 Å². The van der Waals surface area contributed by atoms with Crippen molar-refractivity contribution in [3.8, 4) is 0 Å². The molecule has 0 bridgehead atoms. The summed E-state index contributed by atoms with van der Waals surface area (Å²) < 4.78 is 1.97. The van der Waals surface area contributed by atoms with Crippen molar-refractivity contribution >= 4 is 41.3 Å². The first-order valence-electron chi connectivity index (χ1n) is 8.85. The topological polar surface area (TPSA) is 67.1 Å². The molecule has 0 aliphatic rings. The number of aromatic nitrogens is 3. The van der Waals surface area contributed by atoms with Crippen LogP contribution in [0, 0.1) is 6.92 Å². The van der Waals surface area contributed by atoms with E-state index in [0.717, 1.165) is 43.5 Å². The highest BCUT2D eigenvalue weighted by atomic mass is 127. The van der Waals surface area contributed by atoms with E-state index in [0.29, 0.717) is 6.54 Å². The van der Waals surface area contributed by atoms with E-state index in [1.807, 2.05) is 18.5 Å². The van der Waals surface area contributed by atoms with Crippen LogP contribution in [0.1, 0.15) is 50.1 Å². The van der Waals surface area contributed by atoms with Crippen LogP contribution in [0.2, 0.25) is 0 Å². The number of nitrogens with one attached hydrogen (secondary N) is 2. The lowest BCUT2D eigenvalue weighted by atomic mass is 9.91. The molecule has 0 fully saturated rings. The van der Waals surface area contributed by atoms with E-state index >= 15 is 0 Å². The Hall–Kier alpha value is -1.16. The molecule has 0 radical (unpaired) electrons. The number of aryl methyl sites for hydroxylation is 1. The first-order chi connectivity index (χ1) is 11.9. The second-order valence-electron chi connectivity index (χ2n) is 6.88. The summed E-state index contributed by atoms with van der Waals surface area (Å²) in [5.41, 5.74) is 0.0583. The van der Waals surface area contributed by atoms with Gasteiger partial charge in [-0.1, -0.05) is 33.3 Å². The molecule has 2 aromatic heterocycles. The van der Waals surface area contributed by atoms with E-state index in [4.69, 9.17) is 4.99 Å². The molecule has 2 heterocycles. The number of halogens is 1. The van der Waals surface area contributed by atoms with Gasteiger partial charge in [-0.25, -0.2) is 4.99 Å². The van der Waals surface area contributed by atoms with Crippen molar-refractivity contribution in [2.75, 3.05) is 13.1 Å². The van der Waals surface area contributed by atoms with Gasteiger partial charge in [0.05, 0.1) is 0 Å². The van der Waals surface area contributed by atoms with Gasteiger partial charge in [0, 0.05) is 30.4 Å². The first-order valence-corrected chi connectivity index (χ1v) is 9.73. The Labute approximate surface area is 177 Å². The summed E-state index contributed by atoms with van der Waals surface area (Å²) in [6, 6.07) is 4.29. The van der Waals surface area contributed by atoms with Gasteiger partial charge >= 0.3 is 0 Å². The molecule has 26 heavy (non-hydrogen) atoms. The number of nitrogens with zero attached hydrogens (tertiary/aromatic N) is 4. The molecule has 2 N–H and O–H groups in total.